The van der Waals surface area contributed by atoms with E-state index in [1.54, 1.807) is 0 Å². The summed E-state index contributed by atoms with van der Waals surface area (Å²) in [5.41, 5.74) is 19.7. The van der Waals surface area contributed by atoms with Gasteiger partial charge in [0.1, 0.15) is 0 Å². The van der Waals surface area contributed by atoms with Crippen LogP contribution in [0.4, 0.5) is 34.1 Å². The van der Waals surface area contributed by atoms with E-state index in [2.05, 4.69) is 216 Å². The van der Waals surface area contributed by atoms with Gasteiger partial charge in [-0.25, -0.2) is 0 Å². The molecule has 7 rings (SSSR count). The maximum absolute atomic E-state index is 2.35. The van der Waals surface area contributed by atoms with E-state index in [9.17, 15) is 0 Å². The first-order valence-electron chi connectivity index (χ1n) is 18.3. The summed E-state index contributed by atoms with van der Waals surface area (Å²) in [5.74, 6) is 0.0723. The Kier molecular flexibility index (Phi) is 9.83. The van der Waals surface area contributed by atoms with Crippen LogP contribution >= 0.6 is 0 Å². The Morgan fingerprint density at radius 3 is 0.769 bits per heavy atom. The van der Waals surface area contributed by atoms with Gasteiger partial charge in [0.25, 0.3) is 0 Å². The molecule has 0 radical (unpaired) electrons. The van der Waals surface area contributed by atoms with Crippen LogP contribution in [-0.2, 0) is 0 Å². The van der Waals surface area contributed by atoms with Gasteiger partial charge < -0.3 is 9.80 Å². The van der Waals surface area contributed by atoms with Gasteiger partial charge in [0.2, 0.25) is 0 Å². The van der Waals surface area contributed by atoms with Crippen LogP contribution in [0.3, 0.4) is 0 Å². The second-order valence-electron chi connectivity index (χ2n) is 14.4. The molecule has 0 N–H and O–H groups in total. The quantitative estimate of drug-likeness (QED) is 0.140. The number of rotatable bonds is 9. The Morgan fingerprint density at radius 1 is 0.288 bits per heavy atom. The molecule has 0 heterocycles. The molecular weight excluding hydrogens is 629 g/mol. The third-order valence-electron chi connectivity index (χ3n) is 10.2. The minimum Gasteiger partial charge on any atom is -0.311 e. The molecule has 0 amide bonds. The number of anilines is 6. The van der Waals surface area contributed by atoms with Gasteiger partial charge in [-0.3, -0.25) is 0 Å². The highest BCUT2D eigenvalue weighted by Crippen LogP contribution is 2.41. The Morgan fingerprint density at radius 2 is 0.519 bits per heavy atom. The largest absolute Gasteiger partial charge is 0.311 e. The molecule has 258 valence electrons. The third-order valence-corrected chi connectivity index (χ3v) is 10.2. The number of hydrogen-bond acceptors (Lipinski definition) is 2. The van der Waals surface area contributed by atoms with Crippen molar-refractivity contribution in [1.29, 1.82) is 0 Å². The number of hydrogen-bond donors (Lipinski definition) is 0. The predicted octanol–water partition coefficient (Wildman–Crippen LogP) is 14.0. The molecule has 0 fully saturated rings. The van der Waals surface area contributed by atoms with Crippen LogP contribution in [0.25, 0.3) is 0 Å². The van der Waals surface area contributed by atoms with Crippen molar-refractivity contribution in [1.82, 2.24) is 0 Å². The smallest absolute Gasteiger partial charge is 0.0461 e. The van der Waals surface area contributed by atoms with Gasteiger partial charge in [0, 0.05) is 40.0 Å². The molecule has 7 aromatic rings. The van der Waals surface area contributed by atoms with E-state index < -0.39 is 0 Å². The third kappa shape index (κ3) is 7.29. The molecule has 0 unspecified atom stereocenters. The van der Waals surface area contributed by atoms with Crippen molar-refractivity contribution in [2.24, 2.45) is 0 Å². The molecule has 0 aliphatic rings. The molecule has 52 heavy (non-hydrogen) atoms. The summed E-state index contributed by atoms with van der Waals surface area (Å²) < 4.78 is 0. The molecule has 0 saturated heterocycles. The van der Waals surface area contributed by atoms with Crippen molar-refractivity contribution < 1.29 is 0 Å². The van der Waals surface area contributed by atoms with E-state index in [-0.39, 0.29) is 5.92 Å². The average Bonchev–Trinajstić information content (AvgIpc) is 3.14. The summed E-state index contributed by atoms with van der Waals surface area (Å²) in [5, 5.41) is 0. The zero-order chi connectivity index (χ0) is 36.4. The van der Waals surface area contributed by atoms with Crippen molar-refractivity contribution in [2.45, 2.75) is 54.4 Å². The Hall–Kier alpha value is -5.86. The lowest BCUT2D eigenvalue weighted by Crippen LogP contribution is -2.12. The van der Waals surface area contributed by atoms with Gasteiger partial charge in [0.15, 0.2) is 0 Å². The minimum absolute atomic E-state index is 0.0723. The first-order valence-corrected chi connectivity index (χ1v) is 18.3. The normalized spacial score (nSPS) is 11.2. The molecule has 0 atom stereocenters. The lowest BCUT2D eigenvalue weighted by atomic mass is 9.80. The maximum Gasteiger partial charge on any atom is 0.0461 e. The highest BCUT2D eigenvalue weighted by atomic mass is 15.1. The summed E-state index contributed by atoms with van der Waals surface area (Å²) in [6.45, 7) is 15.3. The molecule has 0 saturated carbocycles. The van der Waals surface area contributed by atoms with Crippen molar-refractivity contribution in [3.63, 3.8) is 0 Å². The van der Waals surface area contributed by atoms with Gasteiger partial charge in [-0.15, -0.1) is 0 Å². The lowest BCUT2D eigenvalue weighted by molar-refractivity contribution is 0.944. The van der Waals surface area contributed by atoms with E-state index in [1.807, 2.05) is 0 Å². The summed E-state index contributed by atoms with van der Waals surface area (Å²) in [6.07, 6.45) is 0. The van der Waals surface area contributed by atoms with Crippen LogP contribution in [0.5, 0.6) is 0 Å². The van der Waals surface area contributed by atoms with E-state index >= 15 is 0 Å². The molecule has 2 nitrogen and oxygen atoms in total. The second kappa shape index (κ2) is 14.8. The topological polar surface area (TPSA) is 6.48 Å². The minimum atomic E-state index is 0.0723. The highest BCUT2D eigenvalue weighted by molar-refractivity contribution is 5.78. The fraction of sp³-hybridized carbons (Fsp3) is 0.160. The summed E-state index contributed by atoms with van der Waals surface area (Å²) in [7, 11) is 0. The Balaban J connectivity index is 1.32. The predicted molar refractivity (Wildman–Crippen MR) is 223 cm³/mol. The average molecular weight is 677 g/mol. The van der Waals surface area contributed by atoms with Gasteiger partial charge >= 0.3 is 0 Å². The fourth-order valence-corrected chi connectivity index (χ4v) is 7.47. The van der Waals surface area contributed by atoms with E-state index in [0.29, 0.717) is 0 Å². The van der Waals surface area contributed by atoms with Crippen molar-refractivity contribution in [3.8, 4) is 0 Å². The molecule has 0 spiro atoms. The second-order valence-corrected chi connectivity index (χ2v) is 14.4. The van der Waals surface area contributed by atoms with E-state index in [1.165, 1.54) is 55.6 Å². The number of nitrogens with zero attached hydrogens (tertiary/aromatic N) is 2. The van der Waals surface area contributed by atoms with Gasteiger partial charge in [-0.05, 0) is 149 Å². The molecule has 0 bridgehead atoms. The number of aryl methyl sites for hydroxylation is 7. The lowest BCUT2D eigenvalue weighted by Gasteiger charge is -2.28. The van der Waals surface area contributed by atoms with Crippen LogP contribution in [-0.4, -0.2) is 0 Å². The van der Waals surface area contributed by atoms with Crippen molar-refractivity contribution in [2.75, 3.05) is 9.80 Å². The summed E-state index contributed by atoms with van der Waals surface area (Å²) in [6, 6.07) is 58.3. The van der Waals surface area contributed by atoms with Crippen LogP contribution in [0.15, 0.2) is 158 Å². The van der Waals surface area contributed by atoms with Crippen molar-refractivity contribution in [3.05, 3.63) is 213 Å². The van der Waals surface area contributed by atoms with Crippen LogP contribution in [0, 0.1) is 48.5 Å². The molecular formula is C50H48N2. The summed E-state index contributed by atoms with van der Waals surface area (Å²) in [4.78, 5) is 4.69. The molecule has 0 aromatic heterocycles. The number of benzene rings is 7. The SMILES string of the molecule is Cc1ccc(N(c2ccc(C)cc2)c2ccc(C(c3ccc(N(c4ccc(C)cc4)c4ccc(C)cc4)cc3)c3c(C)cc(C)cc3C)cc2)cc1. The fourth-order valence-electron chi connectivity index (χ4n) is 7.47. The molecule has 2 heteroatoms. The monoisotopic (exact) mass is 676 g/mol. The maximum atomic E-state index is 2.35. The first kappa shape index (κ1) is 34.6. The van der Waals surface area contributed by atoms with Gasteiger partial charge in [-0.2, -0.15) is 0 Å². The van der Waals surface area contributed by atoms with Gasteiger partial charge in [-0.1, -0.05) is 113 Å². The first-order chi connectivity index (χ1) is 25.1. The molecule has 7 aromatic carbocycles. The Bertz CT molecular complexity index is 2010. The van der Waals surface area contributed by atoms with Gasteiger partial charge in [0.05, 0.1) is 0 Å². The molecule has 0 aliphatic carbocycles. The summed E-state index contributed by atoms with van der Waals surface area (Å²) >= 11 is 0. The van der Waals surface area contributed by atoms with E-state index in [4.69, 9.17) is 0 Å². The van der Waals surface area contributed by atoms with Crippen LogP contribution in [0.1, 0.15) is 61.6 Å². The van der Waals surface area contributed by atoms with E-state index in [0.717, 1.165) is 34.1 Å². The molecule has 0 aliphatic heterocycles. The van der Waals surface area contributed by atoms with Crippen LogP contribution < -0.4 is 9.80 Å². The highest BCUT2D eigenvalue weighted by Gasteiger charge is 2.23. The Labute approximate surface area is 310 Å². The zero-order valence-corrected chi connectivity index (χ0v) is 31.5. The zero-order valence-electron chi connectivity index (χ0n) is 31.5. The standard InChI is InChI=1S/C50H48N2/c1-34-8-20-43(21-9-34)51(44-22-10-35(2)11-23-44)47-28-16-41(17-29-47)50(49-39(6)32-38(5)33-40(49)7)42-18-30-48(31-19-42)52(45-24-12-36(3)13-25-45)46-26-14-37(4)15-27-46/h8-33,50H,1-7H3. The van der Waals surface area contributed by atoms with Crippen molar-refractivity contribution >= 4 is 34.1 Å². The van der Waals surface area contributed by atoms with Crippen LogP contribution in [0.2, 0.25) is 0 Å².